The summed E-state index contributed by atoms with van der Waals surface area (Å²) in [5.41, 5.74) is 1.80. The molecule has 0 spiro atoms. The van der Waals surface area contributed by atoms with Gasteiger partial charge in [0.2, 0.25) is 0 Å². The van der Waals surface area contributed by atoms with Crippen molar-refractivity contribution in [3.05, 3.63) is 74.4 Å². The van der Waals surface area contributed by atoms with E-state index in [0.717, 1.165) is 5.39 Å². The first-order valence-electron chi connectivity index (χ1n) is 7.31. The van der Waals surface area contributed by atoms with Crippen LogP contribution in [0.5, 0.6) is 0 Å². The molecule has 0 aliphatic heterocycles. The second kappa shape index (κ2) is 6.52. The maximum atomic E-state index is 12.2. The van der Waals surface area contributed by atoms with Gasteiger partial charge >= 0.3 is 5.63 Å². The highest BCUT2D eigenvalue weighted by molar-refractivity contribution is 7.14. The molecule has 0 radical (unpaired) electrons. The summed E-state index contributed by atoms with van der Waals surface area (Å²) in [6.45, 7) is 0. The zero-order valence-electron chi connectivity index (χ0n) is 12.6. The largest absolute Gasteiger partial charge is 0.422 e. The zero-order chi connectivity index (χ0) is 17.4. The minimum Gasteiger partial charge on any atom is -0.422 e. The molecule has 4 nitrogen and oxygen atoms in total. The lowest BCUT2D eigenvalue weighted by atomic mass is 10.1. The molecule has 0 atom stereocenters. The van der Waals surface area contributed by atoms with Crippen LogP contribution in [-0.2, 0) is 0 Å². The number of rotatable bonds is 3. The molecule has 124 valence electrons. The fourth-order valence-electron chi connectivity index (χ4n) is 2.40. The van der Waals surface area contributed by atoms with Gasteiger partial charge in [0.15, 0.2) is 5.13 Å². The van der Waals surface area contributed by atoms with Crippen molar-refractivity contribution in [3.63, 3.8) is 0 Å². The summed E-state index contributed by atoms with van der Waals surface area (Å²) in [7, 11) is 0. The highest BCUT2D eigenvalue weighted by atomic mass is 35.5. The molecule has 0 aliphatic rings. The molecule has 1 N–H and O–H groups in total. The number of nitrogens with zero attached hydrogens (tertiary/aromatic N) is 1. The fraction of sp³-hybridized carbons (Fsp3) is 0. The van der Waals surface area contributed by atoms with Crippen molar-refractivity contribution >= 4 is 56.3 Å². The molecule has 0 aliphatic carbocycles. The van der Waals surface area contributed by atoms with Gasteiger partial charge in [0.1, 0.15) is 5.58 Å². The van der Waals surface area contributed by atoms with Gasteiger partial charge in [0.05, 0.1) is 22.0 Å². The fourth-order valence-corrected chi connectivity index (χ4v) is 3.58. The van der Waals surface area contributed by atoms with Crippen LogP contribution in [-0.4, -0.2) is 4.98 Å². The van der Waals surface area contributed by atoms with E-state index >= 15 is 0 Å². The van der Waals surface area contributed by atoms with Crippen molar-refractivity contribution in [2.75, 3.05) is 5.32 Å². The number of fused-ring (bicyclic) bond motifs is 1. The van der Waals surface area contributed by atoms with Gasteiger partial charge in [-0.2, -0.15) is 0 Å². The first-order chi connectivity index (χ1) is 12.1. The summed E-state index contributed by atoms with van der Waals surface area (Å²) in [6.07, 6.45) is 0. The van der Waals surface area contributed by atoms with E-state index < -0.39 is 5.63 Å². The van der Waals surface area contributed by atoms with Crippen molar-refractivity contribution in [2.45, 2.75) is 0 Å². The van der Waals surface area contributed by atoms with Gasteiger partial charge in [-0.25, -0.2) is 9.78 Å². The van der Waals surface area contributed by atoms with E-state index in [4.69, 9.17) is 27.6 Å². The van der Waals surface area contributed by atoms with E-state index in [0.29, 0.717) is 37.7 Å². The normalized spacial score (nSPS) is 11.0. The Morgan fingerprint density at radius 1 is 1.08 bits per heavy atom. The van der Waals surface area contributed by atoms with E-state index in [1.54, 1.807) is 35.7 Å². The van der Waals surface area contributed by atoms with Crippen molar-refractivity contribution < 1.29 is 4.42 Å². The van der Waals surface area contributed by atoms with E-state index in [2.05, 4.69) is 10.3 Å². The van der Waals surface area contributed by atoms with Gasteiger partial charge in [0, 0.05) is 15.8 Å². The van der Waals surface area contributed by atoms with Gasteiger partial charge in [-0.05, 0) is 30.3 Å². The zero-order valence-corrected chi connectivity index (χ0v) is 15.0. The maximum absolute atomic E-state index is 12.2. The van der Waals surface area contributed by atoms with Crippen LogP contribution in [0.25, 0.3) is 22.2 Å². The lowest BCUT2D eigenvalue weighted by Crippen LogP contribution is -2.02. The molecule has 0 unspecified atom stereocenters. The molecule has 2 aromatic heterocycles. The number of halogens is 2. The Bertz CT molecular complexity index is 1140. The van der Waals surface area contributed by atoms with Gasteiger partial charge in [-0.1, -0.05) is 41.4 Å². The molecule has 2 heterocycles. The number of aromatic nitrogens is 1. The second-order valence-electron chi connectivity index (χ2n) is 5.27. The van der Waals surface area contributed by atoms with Gasteiger partial charge in [-0.15, -0.1) is 11.3 Å². The maximum Gasteiger partial charge on any atom is 0.345 e. The number of anilines is 2. The van der Waals surface area contributed by atoms with E-state index in [1.165, 1.54) is 11.3 Å². The van der Waals surface area contributed by atoms with Crippen molar-refractivity contribution in [2.24, 2.45) is 0 Å². The average Bonchev–Trinajstić information content (AvgIpc) is 3.05. The van der Waals surface area contributed by atoms with Crippen LogP contribution in [0, 0.1) is 0 Å². The highest BCUT2D eigenvalue weighted by Gasteiger charge is 2.12. The summed E-state index contributed by atoms with van der Waals surface area (Å²) in [5, 5.41) is 7.45. The van der Waals surface area contributed by atoms with E-state index in [1.807, 2.05) is 18.2 Å². The first-order valence-corrected chi connectivity index (χ1v) is 8.94. The van der Waals surface area contributed by atoms with Crippen molar-refractivity contribution in [1.82, 2.24) is 4.98 Å². The van der Waals surface area contributed by atoms with Crippen LogP contribution in [0.1, 0.15) is 0 Å². The molecule has 0 bridgehead atoms. The molecule has 4 aromatic rings. The topological polar surface area (TPSA) is 55.1 Å². The molecule has 4 rings (SSSR count). The van der Waals surface area contributed by atoms with Gasteiger partial charge in [0.25, 0.3) is 0 Å². The Morgan fingerprint density at radius 2 is 1.92 bits per heavy atom. The number of para-hydroxylation sites is 1. The standard InChI is InChI=1S/C18H10Cl2N2O2S/c19-11-5-6-14(13(20)8-11)21-18-22-15(9-25-18)12-7-10-3-1-2-4-16(10)24-17(12)23/h1-9H,(H,21,22). The third-order valence-corrected chi connectivity index (χ3v) is 4.90. The van der Waals surface area contributed by atoms with Gasteiger partial charge < -0.3 is 9.73 Å². The first kappa shape index (κ1) is 16.1. The molecular formula is C18H10Cl2N2O2S. The van der Waals surface area contributed by atoms with Crippen LogP contribution in [0.2, 0.25) is 10.0 Å². The predicted octanol–water partition coefficient (Wildman–Crippen LogP) is 5.97. The molecule has 0 amide bonds. The van der Waals surface area contributed by atoms with Crippen LogP contribution >= 0.6 is 34.5 Å². The molecule has 2 aromatic carbocycles. The summed E-state index contributed by atoms with van der Waals surface area (Å²) < 4.78 is 5.36. The summed E-state index contributed by atoms with van der Waals surface area (Å²) in [6, 6.07) is 14.3. The predicted molar refractivity (Wildman–Crippen MR) is 103 cm³/mol. The van der Waals surface area contributed by atoms with Crippen molar-refractivity contribution in [1.29, 1.82) is 0 Å². The van der Waals surface area contributed by atoms with E-state index in [-0.39, 0.29) is 0 Å². The second-order valence-corrected chi connectivity index (χ2v) is 6.97. The third-order valence-electron chi connectivity index (χ3n) is 3.59. The third kappa shape index (κ3) is 3.26. The lowest BCUT2D eigenvalue weighted by molar-refractivity contribution is 0.563. The van der Waals surface area contributed by atoms with Crippen LogP contribution in [0.3, 0.4) is 0 Å². The van der Waals surface area contributed by atoms with Crippen molar-refractivity contribution in [3.8, 4) is 11.3 Å². The quantitative estimate of drug-likeness (QED) is 0.439. The number of nitrogens with one attached hydrogen (secondary N) is 1. The minimum atomic E-state index is -0.417. The average molecular weight is 389 g/mol. The highest BCUT2D eigenvalue weighted by Crippen LogP contribution is 2.31. The number of thiazole rings is 1. The smallest absolute Gasteiger partial charge is 0.345 e. The SMILES string of the molecule is O=c1oc2ccccc2cc1-c1csc(Nc2ccc(Cl)cc2Cl)n1. The van der Waals surface area contributed by atoms with Gasteiger partial charge in [-0.3, -0.25) is 0 Å². The molecule has 0 saturated heterocycles. The van der Waals surface area contributed by atoms with Crippen LogP contribution in [0.15, 0.2) is 63.1 Å². The van der Waals surface area contributed by atoms with Crippen LogP contribution in [0.4, 0.5) is 10.8 Å². The minimum absolute atomic E-state index is 0.417. The summed E-state index contributed by atoms with van der Waals surface area (Å²) in [5.74, 6) is 0. The molecule has 0 saturated carbocycles. The Kier molecular flexibility index (Phi) is 4.21. The summed E-state index contributed by atoms with van der Waals surface area (Å²) >= 11 is 13.4. The molecule has 25 heavy (non-hydrogen) atoms. The Hall–Kier alpha value is -2.34. The molecule has 0 fully saturated rings. The monoisotopic (exact) mass is 388 g/mol. The Morgan fingerprint density at radius 3 is 2.76 bits per heavy atom. The Balaban J connectivity index is 1.69. The van der Waals surface area contributed by atoms with Crippen LogP contribution < -0.4 is 10.9 Å². The lowest BCUT2D eigenvalue weighted by Gasteiger charge is -2.05. The Labute approximate surface area is 156 Å². The molecule has 7 heteroatoms. The molecular weight excluding hydrogens is 379 g/mol. The number of hydrogen-bond acceptors (Lipinski definition) is 5. The number of hydrogen-bond donors (Lipinski definition) is 1. The number of benzene rings is 2. The summed E-state index contributed by atoms with van der Waals surface area (Å²) in [4.78, 5) is 16.7. The van der Waals surface area contributed by atoms with E-state index in [9.17, 15) is 4.79 Å².